The largest absolute Gasteiger partial charge is 0.416 e. The van der Waals surface area contributed by atoms with E-state index in [1.165, 1.54) is 17.0 Å². The van der Waals surface area contributed by atoms with Crippen molar-refractivity contribution in [3.63, 3.8) is 0 Å². The van der Waals surface area contributed by atoms with Gasteiger partial charge in [0.1, 0.15) is 0 Å². The van der Waals surface area contributed by atoms with Crippen molar-refractivity contribution in [2.24, 2.45) is 5.92 Å². The first-order valence-electron chi connectivity index (χ1n) is 8.00. The highest BCUT2D eigenvalue weighted by Crippen LogP contribution is 2.31. The second kappa shape index (κ2) is 7.78. The van der Waals surface area contributed by atoms with E-state index in [4.69, 9.17) is 0 Å². The van der Waals surface area contributed by atoms with E-state index in [9.17, 15) is 31.5 Å². The van der Waals surface area contributed by atoms with E-state index in [1.807, 2.05) is 0 Å². The quantitative estimate of drug-likeness (QED) is 0.752. The fraction of sp³-hybridized carbons (Fsp3) is 0.375. The number of aromatic nitrogens is 2. The highest BCUT2D eigenvalue weighted by Gasteiger charge is 2.35. The number of nitrogens with one attached hydrogen (secondary N) is 1. The summed E-state index contributed by atoms with van der Waals surface area (Å²) in [6.45, 7) is -0.0672. The van der Waals surface area contributed by atoms with E-state index in [1.54, 1.807) is 0 Å². The summed E-state index contributed by atoms with van der Waals surface area (Å²) in [6.07, 6.45) is -7.43. The second-order valence-electron chi connectivity index (χ2n) is 6.11. The molecule has 0 radical (unpaired) electrons. The summed E-state index contributed by atoms with van der Waals surface area (Å²) in [5.41, 5.74) is -0.535. The van der Waals surface area contributed by atoms with E-state index < -0.39 is 35.0 Å². The van der Waals surface area contributed by atoms with Crippen molar-refractivity contribution in [1.82, 2.24) is 15.1 Å². The summed E-state index contributed by atoms with van der Waals surface area (Å²) in [4.78, 5) is 25.6. The summed E-state index contributed by atoms with van der Waals surface area (Å²) in [7, 11) is 0. The number of halogens is 5. The van der Waals surface area contributed by atoms with Crippen molar-refractivity contribution in [3.8, 4) is 0 Å². The van der Waals surface area contributed by atoms with Gasteiger partial charge in [-0.1, -0.05) is 23.5 Å². The molecule has 0 aliphatic carbocycles. The van der Waals surface area contributed by atoms with Crippen LogP contribution in [0, 0.1) is 5.92 Å². The van der Waals surface area contributed by atoms with Crippen molar-refractivity contribution in [1.29, 1.82) is 0 Å². The molecule has 1 atom stereocenters. The zero-order valence-electron chi connectivity index (χ0n) is 14.0. The van der Waals surface area contributed by atoms with Crippen LogP contribution < -0.4 is 5.32 Å². The van der Waals surface area contributed by atoms with Crippen LogP contribution >= 0.6 is 11.3 Å². The summed E-state index contributed by atoms with van der Waals surface area (Å²) < 4.78 is 63.4. The molecule has 1 aliphatic rings. The lowest BCUT2D eigenvalue weighted by molar-refractivity contribution is -0.137. The number of benzene rings is 1. The molecule has 1 aliphatic heterocycles. The van der Waals surface area contributed by atoms with Crippen LogP contribution in [0.5, 0.6) is 0 Å². The molecule has 1 saturated heterocycles. The topological polar surface area (TPSA) is 75.2 Å². The fourth-order valence-electron chi connectivity index (χ4n) is 2.75. The molecule has 2 aromatic rings. The van der Waals surface area contributed by atoms with Gasteiger partial charge in [0.25, 0.3) is 6.43 Å². The number of rotatable bonds is 5. The molecule has 0 saturated carbocycles. The monoisotopic (exact) mass is 420 g/mol. The minimum Gasteiger partial charge on any atom is -0.338 e. The smallest absolute Gasteiger partial charge is 0.338 e. The molecule has 6 nitrogen and oxygen atoms in total. The number of amides is 2. The number of carbonyl (C=O) groups is 2. The zero-order valence-corrected chi connectivity index (χ0v) is 14.9. The van der Waals surface area contributed by atoms with Crippen LogP contribution in [0.1, 0.15) is 29.0 Å². The van der Waals surface area contributed by atoms with Crippen molar-refractivity contribution >= 4 is 28.3 Å². The molecule has 2 amide bonds. The number of nitrogens with zero attached hydrogens (tertiary/aromatic N) is 3. The maximum atomic E-state index is 12.8. The minimum absolute atomic E-state index is 0.00141. The molecule has 1 fully saturated rings. The highest BCUT2D eigenvalue weighted by molar-refractivity contribution is 7.15. The predicted molar refractivity (Wildman–Crippen MR) is 88.5 cm³/mol. The molecule has 28 heavy (non-hydrogen) atoms. The summed E-state index contributed by atoms with van der Waals surface area (Å²) in [5, 5.41) is 8.38. The first kappa shape index (κ1) is 20.1. The van der Waals surface area contributed by atoms with Crippen LogP contribution in [0.4, 0.5) is 27.1 Å². The predicted octanol–water partition coefficient (Wildman–Crippen LogP) is 3.48. The summed E-state index contributed by atoms with van der Waals surface area (Å²) >= 11 is 0.527. The van der Waals surface area contributed by atoms with E-state index in [-0.39, 0.29) is 36.1 Å². The first-order chi connectivity index (χ1) is 13.1. The van der Waals surface area contributed by atoms with E-state index in [0.717, 1.165) is 12.1 Å². The van der Waals surface area contributed by atoms with Crippen LogP contribution in [-0.4, -0.2) is 33.5 Å². The standard InChI is InChI=1S/C16H13F5N4O2S/c17-12(18)14-23-24-15(28-14)22-13(27)9-5-11(26)25(7-9)6-8-2-1-3-10(4-8)16(19,20)21/h1-4,9,12H,5-7H2,(H,22,24,27). The van der Waals surface area contributed by atoms with Crippen LogP contribution in [0.25, 0.3) is 0 Å². The Morgan fingerprint density at radius 2 is 2.07 bits per heavy atom. The molecule has 1 N–H and O–H groups in total. The molecule has 12 heteroatoms. The van der Waals surface area contributed by atoms with Crippen molar-refractivity contribution < 1.29 is 31.5 Å². The maximum Gasteiger partial charge on any atom is 0.416 e. The Morgan fingerprint density at radius 1 is 1.32 bits per heavy atom. The Bertz CT molecular complexity index is 886. The molecule has 150 valence electrons. The van der Waals surface area contributed by atoms with Crippen LogP contribution in [0.2, 0.25) is 0 Å². The average Bonchev–Trinajstić information content (AvgIpc) is 3.22. The van der Waals surface area contributed by atoms with Crippen LogP contribution in [0.15, 0.2) is 24.3 Å². The van der Waals surface area contributed by atoms with Gasteiger partial charge in [-0.25, -0.2) is 8.78 Å². The van der Waals surface area contributed by atoms with E-state index in [0.29, 0.717) is 11.3 Å². The van der Waals surface area contributed by atoms with Gasteiger partial charge in [0, 0.05) is 19.5 Å². The summed E-state index contributed by atoms with van der Waals surface area (Å²) in [5.74, 6) is -1.74. The van der Waals surface area contributed by atoms with Crippen molar-refractivity contribution in [2.75, 3.05) is 11.9 Å². The number of alkyl halides is 5. The minimum atomic E-state index is -4.49. The number of carbonyl (C=O) groups excluding carboxylic acids is 2. The molecule has 0 bridgehead atoms. The number of hydrogen-bond donors (Lipinski definition) is 1. The zero-order chi connectivity index (χ0) is 20.5. The lowest BCUT2D eigenvalue weighted by Gasteiger charge is -2.17. The molecule has 1 aromatic heterocycles. The molecule has 3 rings (SSSR count). The maximum absolute atomic E-state index is 12.8. The van der Waals surface area contributed by atoms with Crippen LogP contribution in [-0.2, 0) is 22.3 Å². The van der Waals surface area contributed by atoms with Gasteiger partial charge in [0.05, 0.1) is 11.5 Å². The third kappa shape index (κ3) is 4.61. The van der Waals surface area contributed by atoms with Gasteiger partial charge in [-0.2, -0.15) is 13.2 Å². The van der Waals surface area contributed by atoms with Gasteiger partial charge in [-0.3, -0.25) is 9.59 Å². The first-order valence-corrected chi connectivity index (χ1v) is 8.81. The Morgan fingerprint density at radius 3 is 2.71 bits per heavy atom. The van der Waals surface area contributed by atoms with E-state index in [2.05, 4.69) is 15.5 Å². The van der Waals surface area contributed by atoms with Gasteiger partial charge in [0.2, 0.25) is 16.9 Å². The normalized spacial score (nSPS) is 17.4. The van der Waals surface area contributed by atoms with Crippen LogP contribution in [0.3, 0.4) is 0 Å². The number of likely N-dealkylation sites (tertiary alicyclic amines) is 1. The Labute approximate surface area is 159 Å². The lowest BCUT2D eigenvalue weighted by atomic mass is 10.1. The lowest BCUT2D eigenvalue weighted by Crippen LogP contribution is -2.28. The Hall–Kier alpha value is -2.63. The number of anilines is 1. The van der Waals surface area contributed by atoms with E-state index >= 15 is 0 Å². The third-order valence-electron chi connectivity index (χ3n) is 4.07. The third-order valence-corrected chi connectivity index (χ3v) is 4.92. The molecule has 1 unspecified atom stereocenters. The van der Waals surface area contributed by atoms with Gasteiger partial charge in [-0.05, 0) is 17.7 Å². The second-order valence-corrected chi connectivity index (χ2v) is 7.12. The Balaban J connectivity index is 1.62. The molecular formula is C16H13F5N4O2S. The molecule has 1 aromatic carbocycles. The van der Waals surface area contributed by atoms with Gasteiger partial charge in [-0.15, -0.1) is 10.2 Å². The van der Waals surface area contributed by atoms with Gasteiger partial charge >= 0.3 is 6.18 Å². The van der Waals surface area contributed by atoms with Crippen molar-refractivity contribution in [3.05, 3.63) is 40.4 Å². The SMILES string of the molecule is O=C(Nc1nnc(C(F)F)s1)C1CC(=O)N(Cc2cccc(C(F)(F)F)c2)C1. The molecule has 2 heterocycles. The number of hydrogen-bond acceptors (Lipinski definition) is 5. The Kier molecular flexibility index (Phi) is 5.59. The van der Waals surface area contributed by atoms with Gasteiger partial charge in [0.15, 0.2) is 5.01 Å². The molecule has 0 spiro atoms. The van der Waals surface area contributed by atoms with Crippen molar-refractivity contribution in [2.45, 2.75) is 25.6 Å². The van der Waals surface area contributed by atoms with Gasteiger partial charge < -0.3 is 10.2 Å². The fourth-order valence-corrected chi connectivity index (χ4v) is 3.35. The highest BCUT2D eigenvalue weighted by atomic mass is 32.1. The molecular weight excluding hydrogens is 407 g/mol. The summed E-state index contributed by atoms with van der Waals surface area (Å²) in [6, 6.07) is 4.59. The average molecular weight is 420 g/mol.